The molecule has 1 amide bonds. The van der Waals surface area contributed by atoms with E-state index in [9.17, 15) is 4.79 Å². The normalized spacial score (nSPS) is 13.9. The lowest BCUT2D eigenvalue weighted by Gasteiger charge is -2.27. The first-order valence-electron chi connectivity index (χ1n) is 8.82. The molecule has 3 heterocycles. The van der Waals surface area contributed by atoms with E-state index in [0.717, 1.165) is 5.56 Å². The van der Waals surface area contributed by atoms with Crippen molar-refractivity contribution in [1.82, 2.24) is 30.6 Å². The van der Waals surface area contributed by atoms with Crippen LogP contribution >= 0.6 is 0 Å². The Morgan fingerprint density at radius 2 is 2.04 bits per heavy atom. The molecule has 11 nitrogen and oxygen atoms in total. The SMILES string of the molecule is O=C(Nc1nn[nH]n1)c1cnc(N2CCOCC2)nc1NCc1ccccc1. The van der Waals surface area contributed by atoms with Crippen LogP contribution in [0.15, 0.2) is 36.5 Å². The van der Waals surface area contributed by atoms with Crippen molar-refractivity contribution in [2.75, 3.05) is 41.8 Å². The Bertz CT molecular complexity index is 912. The van der Waals surface area contributed by atoms with Crippen LogP contribution in [0.3, 0.4) is 0 Å². The Labute approximate surface area is 160 Å². The van der Waals surface area contributed by atoms with Gasteiger partial charge in [0.05, 0.1) is 13.2 Å². The highest BCUT2D eigenvalue weighted by Gasteiger charge is 2.20. The topological polar surface area (TPSA) is 134 Å². The standard InChI is InChI=1S/C17H19N9O2/c27-15(21-16-22-24-25-23-16)13-11-19-17(26-6-8-28-9-7-26)20-14(13)18-10-12-4-2-1-3-5-12/h1-5,11H,6-10H2,(H,18,19,20)(H2,21,22,23,24,25,27). The number of carbonyl (C=O) groups is 1. The molecule has 28 heavy (non-hydrogen) atoms. The van der Waals surface area contributed by atoms with Gasteiger partial charge in [0.25, 0.3) is 11.9 Å². The average molecular weight is 381 g/mol. The van der Waals surface area contributed by atoms with Crippen LogP contribution in [0.4, 0.5) is 17.7 Å². The molecule has 1 aromatic carbocycles. The van der Waals surface area contributed by atoms with Gasteiger partial charge in [0, 0.05) is 25.8 Å². The van der Waals surface area contributed by atoms with Crippen molar-refractivity contribution in [2.45, 2.75) is 6.54 Å². The zero-order valence-electron chi connectivity index (χ0n) is 15.0. The molecule has 0 aliphatic carbocycles. The second kappa shape index (κ2) is 8.39. The van der Waals surface area contributed by atoms with E-state index in [1.54, 1.807) is 0 Å². The molecular formula is C17H19N9O2. The smallest absolute Gasteiger partial charge is 0.270 e. The molecule has 1 saturated heterocycles. The zero-order chi connectivity index (χ0) is 19.2. The number of hydrogen-bond donors (Lipinski definition) is 3. The average Bonchev–Trinajstić information content (AvgIpc) is 3.26. The number of rotatable bonds is 6. The molecule has 0 unspecified atom stereocenters. The van der Waals surface area contributed by atoms with Gasteiger partial charge in [-0.05, 0) is 10.8 Å². The second-order valence-corrected chi connectivity index (χ2v) is 6.06. The molecule has 2 aromatic heterocycles. The molecule has 3 N–H and O–H groups in total. The first-order chi connectivity index (χ1) is 13.8. The maximum Gasteiger partial charge on any atom is 0.270 e. The molecule has 0 radical (unpaired) electrons. The molecular weight excluding hydrogens is 362 g/mol. The molecule has 0 atom stereocenters. The number of morpholine rings is 1. The summed E-state index contributed by atoms with van der Waals surface area (Å²) in [6.07, 6.45) is 1.50. The third-order valence-corrected chi connectivity index (χ3v) is 4.19. The number of nitrogens with one attached hydrogen (secondary N) is 3. The highest BCUT2D eigenvalue weighted by Crippen LogP contribution is 2.19. The maximum atomic E-state index is 12.6. The molecule has 0 bridgehead atoms. The quantitative estimate of drug-likeness (QED) is 0.564. The van der Waals surface area contributed by atoms with Gasteiger partial charge in [-0.3, -0.25) is 10.1 Å². The summed E-state index contributed by atoms with van der Waals surface area (Å²) < 4.78 is 5.38. The van der Waals surface area contributed by atoms with Crippen molar-refractivity contribution < 1.29 is 9.53 Å². The minimum atomic E-state index is -0.425. The highest BCUT2D eigenvalue weighted by atomic mass is 16.5. The van der Waals surface area contributed by atoms with E-state index in [1.165, 1.54) is 6.20 Å². The van der Waals surface area contributed by atoms with Gasteiger partial charge in [0.2, 0.25) is 5.95 Å². The maximum absolute atomic E-state index is 12.6. The molecule has 11 heteroatoms. The Balaban J connectivity index is 1.58. The van der Waals surface area contributed by atoms with E-state index < -0.39 is 5.91 Å². The van der Waals surface area contributed by atoms with Crippen LogP contribution in [0.25, 0.3) is 0 Å². The molecule has 144 valence electrons. The van der Waals surface area contributed by atoms with Crippen LogP contribution in [0.5, 0.6) is 0 Å². The number of nitrogens with zero attached hydrogens (tertiary/aromatic N) is 6. The van der Waals surface area contributed by atoms with Gasteiger partial charge in [-0.25, -0.2) is 4.98 Å². The summed E-state index contributed by atoms with van der Waals surface area (Å²) >= 11 is 0. The summed E-state index contributed by atoms with van der Waals surface area (Å²) in [5.41, 5.74) is 1.36. The van der Waals surface area contributed by atoms with Crippen molar-refractivity contribution in [3.8, 4) is 0 Å². The molecule has 0 saturated carbocycles. The number of hydrogen-bond acceptors (Lipinski definition) is 9. The molecule has 3 aromatic rings. The summed E-state index contributed by atoms with van der Waals surface area (Å²) in [5, 5.41) is 19.0. The molecule has 0 spiro atoms. The first-order valence-corrected chi connectivity index (χ1v) is 8.82. The third kappa shape index (κ3) is 4.20. The van der Waals surface area contributed by atoms with Crippen molar-refractivity contribution in [3.63, 3.8) is 0 Å². The van der Waals surface area contributed by atoms with E-state index in [1.807, 2.05) is 35.2 Å². The summed E-state index contributed by atoms with van der Waals surface area (Å²) in [6.45, 7) is 3.16. The first kappa shape index (κ1) is 17.8. The minimum absolute atomic E-state index is 0.0799. The van der Waals surface area contributed by atoms with Crippen molar-refractivity contribution in [3.05, 3.63) is 47.7 Å². The predicted octanol–water partition coefficient (Wildman–Crippen LogP) is 0.691. The number of ether oxygens (including phenoxy) is 1. The third-order valence-electron chi connectivity index (χ3n) is 4.19. The van der Waals surface area contributed by atoms with Crippen LogP contribution < -0.4 is 15.5 Å². The van der Waals surface area contributed by atoms with Gasteiger partial charge in [0.15, 0.2) is 0 Å². The van der Waals surface area contributed by atoms with Gasteiger partial charge in [-0.1, -0.05) is 35.4 Å². The number of carbonyl (C=O) groups excluding carboxylic acids is 1. The fourth-order valence-electron chi connectivity index (χ4n) is 2.75. The Morgan fingerprint density at radius 3 is 2.79 bits per heavy atom. The number of tetrazole rings is 1. The molecule has 1 aliphatic heterocycles. The molecule has 1 aliphatic rings. The van der Waals surface area contributed by atoms with E-state index >= 15 is 0 Å². The van der Waals surface area contributed by atoms with Crippen molar-refractivity contribution in [2.24, 2.45) is 0 Å². The van der Waals surface area contributed by atoms with Crippen LogP contribution in [-0.4, -0.2) is 62.8 Å². The van der Waals surface area contributed by atoms with E-state index in [0.29, 0.717) is 44.6 Å². The van der Waals surface area contributed by atoms with E-state index in [2.05, 4.69) is 41.2 Å². The zero-order valence-corrected chi connectivity index (χ0v) is 15.0. The Morgan fingerprint density at radius 1 is 1.21 bits per heavy atom. The summed E-state index contributed by atoms with van der Waals surface area (Å²) in [6, 6.07) is 9.86. The molecule has 4 rings (SSSR count). The van der Waals surface area contributed by atoms with Gasteiger partial charge in [-0.2, -0.15) is 10.2 Å². The van der Waals surface area contributed by atoms with Gasteiger partial charge >= 0.3 is 0 Å². The number of benzene rings is 1. The lowest BCUT2D eigenvalue weighted by Crippen LogP contribution is -2.37. The fourth-order valence-corrected chi connectivity index (χ4v) is 2.75. The molecule has 1 fully saturated rings. The number of amides is 1. The number of anilines is 3. The largest absolute Gasteiger partial charge is 0.378 e. The van der Waals surface area contributed by atoms with E-state index in [-0.39, 0.29) is 11.5 Å². The van der Waals surface area contributed by atoms with Crippen LogP contribution in [0, 0.1) is 0 Å². The second-order valence-electron chi connectivity index (χ2n) is 6.06. The number of aromatic amines is 1. The van der Waals surface area contributed by atoms with Crippen molar-refractivity contribution >= 4 is 23.6 Å². The van der Waals surface area contributed by atoms with Crippen LogP contribution in [0.1, 0.15) is 15.9 Å². The minimum Gasteiger partial charge on any atom is -0.378 e. The number of H-pyrrole nitrogens is 1. The summed E-state index contributed by atoms with van der Waals surface area (Å²) in [7, 11) is 0. The Hall–Kier alpha value is -3.60. The lowest BCUT2D eigenvalue weighted by atomic mass is 10.2. The van der Waals surface area contributed by atoms with Gasteiger partial charge < -0.3 is 15.0 Å². The monoisotopic (exact) mass is 381 g/mol. The van der Waals surface area contributed by atoms with Gasteiger partial charge in [0.1, 0.15) is 11.4 Å². The highest BCUT2D eigenvalue weighted by molar-refractivity contribution is 6.06. The number of aromatic nitrogens is 6. The summed E-state index contributed by atoms with van der Waals surface area (Å²) in [5.74, 6) is 0.637. The summed E-state index contributed by atoms with van der Waals surface area (Å²) in [4.78, 5) is 23.6. The van der Waals surface area contributed by atoms with Crippen LogP contribution in [0.2, 0.25) is 0 Å². The predicted molar refractivity (Wildman–Crippen MR) is 101 cm³/mol. The Kier molecular flexibility index (Phi) is 5.33. The lowest BCUT2D eigenvalue weighted by molar-refractivity contribution is 0.102. The van der Waals surface area contributed by atoms with Crippen molar-refractivity contribution in [1.29, 1.82) is 0 Å². The van der Waals surface area contributed by atoms with Crippen LogP contribution in [-0.2, 0) is 11.3 Å². The van der Waals surface area contributed by atoms with E-state index in [4.69, 9.17) is 4.74 Å². The fraction of sp³-hybridized carbons (Fsp3) is 0.294. The van der Waals surface area contributed by atoms with Gasteiger partial charge in [-0.15, -0.1) is 5.10 Å².